The van der Waals surface area contributed by atoms with E-state index < -0.39 is 0 Å². The van der Waals surface area contributed by atoms with Gasteiger partial charge in [-0.1, -0.05) is 19.9 Å². The third-order valence-corrected chi connectivity index (χ3v) is 2.90. The summed E-state index contributed by atoms with van der Waals surface area (Å²) in [5, 5.41) is 3.41. The molecule has 16 heavy (non-hydrogen) atoms. The van der Waals surface area contributed by atoms with Crippen LogP contribution in [0, 0.1) is 5.92 Å². The molecule has 0 aliphatic rings. The molecule has 0 radical (unpaired) electrons. The first kappa shape index (κ1) is 13.3. The van der Waals surface area contributed by atoms with Crippen molar-refractivity contribution < 1.29 is 4.74 Å². The van der Waals surface area contributed by atoms with E-state index in [1.807, 2.05) is 12.1 Å². The number of aromatic nitrogens is 1. The topological polar surface area (TPSA) is 34.1 Å². The number of hydrogen-bond donors (Lipinski definition) is 1. The Bertz CT molecular complexity index is 318. The van der Waals surface area contributed by atoms with Crippen LogP contribution in [0.2, 0.25) is 0 Å². The molecule has 0 spiro atoms. The van der Waals surface area contributed by atoms with E-state index in [-0.39, 0.29) is 0 Å². The number of ether oxygens (including phenoxy) is 1. The lowest BCUT2D eigenvalue weighted by molar-refractivity contribution is 0.382. The van der Waals surface area contributed by atoms with Gasteiger partial charge in [-0.25, -0.2) is 4.98 Å². The fourth-order valence-electron chi connectivity index (χ4n) is 1.45. The number of rotatable bonds is 6. The van der Waals surface area contributed by atoms with E-state index in [1.165, 1.54) is 0 Å². The second-order valence-corrected chi connectivity index (χ2v) is 4.37. The number of pyridine rings is 1. The molecular weight excluding hydrogens is 224 g/mol. The Morgan fingerprint density at radius 1 is 1.50 bits per heavy atom. The van der Waals surface area contributed by atoms with Crippen molar-refractivity contribution >= 4 is 11.6 Å². The molecule has 1 heterocycles. The first-order chi connectivity index (χ1) is 7.69. The molecule has 0 aliphatic heterocycles. The fourth-order valence-corrected chi connectivity index (χ4v) is 1.92. The third kappa shape index (κ3) is 3.65. The van der Waals surface area contributed by atoms with Gasteiger partial charge in [0.15, 0.2) is 0 Å². The minimum absolute atomic E-state index is 0.312. The highest BCUT2D eigenvalue weighted by atomic mass is 35.5. The first-order valence-corrected chi connectivity index (χ1v) is 5.99. The fraction of sp³-hybridized carbons (Fsp3) is 0.583. The second-order valence-electron chi connectivity index (χ2n) is 4.06. The smallest absolute Gasteiger partial charge is 0.217 e. The van der Waals surface area contributed by atoms with E-state index in [0.29, 0.717) is 23.7 Å². The molecule has 1 aromatic heterocycles. The lowest BCUT2D eigenvalue weighted by atomic mass is 10.1. The normalized spacial score (nSPS) is 12.8. The van der Waals surface area contributed by atoms with Crippen molar-refractivity contribution in [2.45, 2.75) is 26.4 Å². The molecule has 0 amide bonds. The first-order valence-electron chi connectivity index (χ1n) is 5.46. The van der Waals surface area contributed by atoms with Gasteiger partial charge in [-0.15, -0.1) is 11.6 Å². The Balaban J connectivity index is 2.59. The molecule has 1 atom stereocenters. The highest BCUT2D eigenvalue weighted by Gasteiger charge is 2.12. The van der Waals surface area contributed by atoms with Crippen LogP contribution in [0.15, 0.2) is 18.3 Å². The monoisotopic (exact) mass is 242 g/mol. The third-order valence-electron chi connectivity index (χ3n) is 2.57. The standard InChI is InChI=1S/C12H19ClN2O/c1-9(2)11(7-13)15-8-10-5-4-6-14-12(10)16-3/h4-6,9,11,15H,7-8H2,1-3H3. The second kappa shape index (κ2) is 6.71. The molecule has 0 saturated carbocycles. The summed E-state index contributed by atoms with van der Waals surface area (Å²) in [5.41, 5.74) is 1.06. The maximum atomic E-state index is 5.89. The van der Waals surface area contributed by atoms with Crippen LogP contribution in [-0.2, 0) is 6.54 Å². The van der Waals surface area contributed by atoms with Gasteiger partial charge in [-0.3, -0.25) is 0 Å². The molecule has 1 unspecified atom stereocenters. The van der Waals surface area contributed by atoms with Gasteiger partial charge in [-0.05, 0) is 12.0 Å². The lowest BCUT2D eigenvalue weighted by Crippen LogP contribution is -2.35. The van der Waals surface area contributed by atoms with Crippen LogP contribution in [0.1, 0.15) is 19.4 Å². The van der Waals surface area contributed by atoms with Crippen LogP contribution in [-0.4, -0.2) is 24.0 Å². The zero-order chi connectivity index (χ0) is 12.0. The van der Waals surface area contributed by atoms with Crippen molar-refractivity contribution in [3.05, 3.63) is 23.9 Å². The Morgan fingerprint density at radius 3 is 2.81 bits per heavy atom. The average Bonchev–Trinajstić information content (AvgIpc) is 2.30. The van der Waals surface area contributed by atoms with E-state index in [0.717, 1.165) is 12.1 Å². The van der Waals surface area contributed by atoms with Crippen molar-refractivity contribution in [1.82, 2.24) is 10.3 Å². The molecule has 0 fully saturated rings. The Labute approximate surface area is 102 Å². The molecule has 0 bridgehead atoms. The van der Waals surface area contributed by atoms with E-state index >= 15 is 0 Å². The molecule has 90 valence electrons. The van der Waals surface area contributed by atoms with Crippen molar-refractivity contribution in [1.29, 1.82) is 0 Å². The Morgan fingerprint density at radius 2 is 2.25 bits per heavy atom. The molecule has 1 aromatic rings. The summed E-state index contributed by atoms with van der Waals surface area (Å²) in [6.45, 7) is 5.04. The van der Waals surface area contributed by atoms with Gasteiger partial charge in [0, 0.05) is 30.2 Å². The number of nitrogens with one attached hydrogen (secondary N) is 1. The van der Waals surface area contributed by atoms with Crippen LogP contribution in [0.3, 0.4) is 0 Å². The largest absolute Gasteiger partial charge is 0.481 e. The van der Waals surface area contributed by atoms with Crippen molar-refractivity contribution in [2.24, 2.45) is 5.92 Å². The predicted octanol–water partition coefficient (Wildman–Crippen LogP) is 2.44. The zero-order valence-corrected chi connectivity index (χ0v) is 10.8. The lowest BCUT2D eigenvalue weighted by Gasteiger charge is -2.20. The maximum Gasteiger partial charge on any atom is 0.217 e. The van der Waals surface area contributed by atoms with Gasteiger partial charge in [0.25, 0.3) is 0 Å². The van der Waals surface area contributed by atoms with Crippen LogP contribution in [0.25, 0.3) is 0 Å². The van der Waals surface area contributed by atoms with Gasteiger partial charge in [-0.2, -0.15) is 0 Å². The summed E-state index contributed by atoms with van der Waals surface area (Å²) in [6, 6.07) is 4.22. The van der Waals surface area contributed by atoms with Gasteiger partial charge in [0.05, 0.1) is 7.11 Å². The minimum Gasteiger partial charge on any atom is -0.481 e. The zero-order valence-electron chi connectivity index (χ0n) is 10.0. The van der Waals surface area contributed by atoms with Gasteiger partial charge in [0.2, 0.25) is 5.88 Å². The van der Waals surface area contributed by atoms with Crippen molar-refractivity contribution in [2.75, 3.05) is 13.0 Å². The summed E-state index contributed by atoms with van der Waals surface area (Å²) >= 11 is 5.89. The quantitative estimate of drug-likeness (QED) is 0.779. The van der Waals surface area contributed by atoms with E-state index in [4.69, 9.17) is 16.3 Å². The molecule has 0 aromatic carbocycles. The molecule has 1 N–H and O–H groups in total. The summed E-state index contributed by atoms with van der Waals surface area (Å²) in [5.74, 6) is 1.80. The molecule has 1 rings (SSSR count). The molecule has 0 aliphatic carbocycles. The summed E-state index contributed by atoms with van der Waals surface area (Å²) < 4.78 is 5.19. The molecule has 4 heteroatoms. The number of hydrogen-bond acceptors (Lipinski definition) is 3. The van der Waals surface area contributed by atoms with E-state index in [2.05, 4.69) is 24.1 Å². The van der Waals surface area contributed by atoms with Crippen molar-refractivity contribution in [3.8, 4) is 5.88 Å². The summed E-state index contributed by atoms with van der Waals surface area (Å²) in [6.07, 6.45) is 1.73. The molecule has 3 nitrogen and oxygen atoms in total. The van der Waals surface area contributed by atoms with E-state index in [9.17, 15) is 0 Å². The SMILES string of the molecule is COc1ncccc1CNC(CCl)C(C)C. The van der Waals surface area contributed by atoms with Gasteiger partial charge < -0.3 is 10.1 Å². The van der Waals surface area contributed by atoms with Crippen LogP contribution in [0.5, 0.6) is 5.88 Å². The summed E-state index contributed by atoms with van der Waals surface area (Å²) in [4.78, 5) is 4.15. The van der Waals surface area contributed by atoms with Gasteiger partial charge >= 0.3 is 0 Å². The minimum atomic E-state index is 0.312. The number of halogens is 1. The number of methoxy groups -OCH3 is 1. The molecule has 0 saturated heterocycles. The Kier molecular flexibility index (Phi) is 5.56. The van der Waals surface area contributed by atoms with Crippen molar-refractivity contribution in [3.63, 3.8) is 0 Å². The van der Waals surface area contributed by atoms with E-state index in [1.54, 1.807) is 13.3 Å². The van der Waals surface area contributed by atoms with Crippen LogP contribution >= 0.6 is 11.6 Å². The summed E-state index contributed by atoms with van der Waals surface area (Å²) in [7, 11) is 1.63. The van der Waals surface area contributed by atoms with Crippen LogP contribution in [0.4, 0.5) is 0 Å². The van der Waals surface area contributed by atoms with Crippen LogP contribution < -0.4 is 10.1 Å². The Hall–Kier alpha value is -0.800. The highest BCUT2D eigenvalue weighted by molar-refractivity contribution is 6.18. The predicted molar refractivity (Wildman–Crippen MR) is 67.0 cm³/mol. The number of alkyl halides is 1. The molecular formula is C12H19ClN2O. The average molecular weight is 243 g/mol. The highest BCUT2D eigenvalue weighted by Crippen LogP contribution is 2.14. The maximum absolute atomic E-state index is 5.89. The number of nitrogens with zero attached hydrogens (tertiary/aromatic N) is 1. The van der Waals surface area contributed by atoms with Gasteiger partial charge in [0.1, 0.15) is 0 Å².